The molecule has 0 aliphatic heterocycles. The molecule has 0 unspecified atom stereocenters. The molecule has 1 saturated carbocycles. The third-order valence-electron chi connectivity index (χ3n) is 2.93. The molecule has 2 N–H and O–H groups in total. The highest BCUT2D eigenvalue weighted by Gasteiger charge is 2.47. The summed E-state index contributed by atoms with van der Waals surface area (Å²) >= 11 is 6.78. The maximum atomic E-state index is 11.0. The van der Waals surface area contributed by atoms with E-state index in [1.807, 2.05) is 0 Å². The van der Waals surface area contributed by atoms with Gasteiger partial charge in [-0.05, 0) is 12.3 Å². The van der Waals surface area contributed by atoms with Gasteiger partial charge in [-0.15, -0.1) is 0 Å². The van der Waals surface area contributed by atoms with E-state index in [2.05, 4.69) is 31.9 Å². The summed E-state index contributed by atoms with van der Waals surface area (Å²) < 4.78 is 0. The first-order chi connectivity index (χ1) is 6.86. The van der Waals surface area contributed by atoms with Gasteiger partial charge in [-0.2, -0.15) is 0 Å². The number of hydrogen-bond donors (Lipinski definition) is 2. The van der Waals surface area contributed by atoms with Crippen LogP contribution >= 0.6 is 31.9 Å². The first-order valence-corrected chi connectivity index (χ1v) is 6.43. The van der Waals surface area contributed by atoms with Crippen molar-refractivity contribution in [2.45, 2.75) is 23.0 Å². The zero-order valence-corrected chi connectivity index (χ0v) is 11.2. The van der Waals surface area contributed by atoms with Crippen LogP contribution in [0.1, 0.15) is 13.3 Å². The molecule has 6 heteroatoms. The first kappa shape index (κ1) is 13.0. The minimum Gasteiger partial charge on any atom is -0.481 e. The van der Waals surface area contributed by atoms with E-state index in [0.29, 0.717) is 6.42 Å². The molecule has 4 nitrogen and oxygen atoms in total. The van der Waals surface area contributed by atoms with E-state index in [1.165, 1.54) is 0 Å². The van der Waals surface area contributed by atoms with Crippen LogP contribution in [0.4, 0.5) is 0 Å². The molecule has 0 heterocycles. The second-order valence-corrected chi connectivity index (χ2v) is 6.10. The van der Waals surface area contributed by atoms with E-state index in [-0.39, 0.29) is 15.6 Å². The van der Waals surface area contributed by atoms with Gasteiger partial charge in [0, 0.05) is 9.65 Å². The normalized spacial score (nSPS) is 41.1. The fraction of sp³-hybridized carbons (Fsp3) is 0.778. The van der Waals surface area contributed by atoms with Gasteiger partial charge in [0.05, 0.1) is 11.8 Å². The maximum absolute atomic E-state index is 11.0. The van der Waals surface area contributed by atoms with Crippen molar-refractivity contribution in [3.8, 4) is 0 Å². The zero-order valence-electron chi connectivity index (χ0n) is 8.06. The highest BCUT2D eigenvalue weighted by Crippen LogP contribution is 2.42. The molecule has 0 bridgehead atoms. The van der Waals surface area contributed by atoms with E-state index in [4.69, 9.17) is 10.2 Å². The van der Waals surface area contributed by atoms with Gasteiger partial charge in [0.25, 0.3) is 0 Å². The minimum atomic E-state index is -1.03. The number of rotatable bonds is 2. The van der Waals surface area contributed by atoms with E-state index in [9.17, 15) is 9.59 Å². The van der Waals surface area contributed by atoms with Gasteiger partial charge in [-0.3, -0.25) is 9.59 Å². The van der Waals surface area contributed by atoms with Crippen molar-refractivity contribution < 1.29 is 19.8 Å². The molecule has 15 heavy (non-hydrogen) atoms. The second-order valence-electron chi connectivity index (χ2n) is 3.86. The SMILES string of the molecule is C[C@@H]1[C@@H](Br)[C@@H](Br)C[C@H](C(=O)O)[C@@H]1C(=O)O. The molecule has 5 atom stereocenters. The van der Waals surface area contributed by atoms with Gasteiger partial charge in [0.15, 0.2) is 0 Å². The molecule has 1 aliphatic rings. The lowest BCUT2D eigenvalue weighted by atomic mass is 9.72. The molecule has 0 amide bonds. The van der Waals surface area contributed by atoms with Crippen LogP contribution in [0.15, 0.2) is 0 Å². The molecular weight excluding hydrogens is 332 g/mol. The van der Waals surface area contributed by atoms with Crippen LogP contribution in [0.3, 0.4) is 0 Å². The largest absolute Gasteiger partial charge is 0.481 e. The van der Waals surface area contributed by atoms with Gasteiger partial charge in [0.2, 0.25) is 0 Å². The predicted octanol–water partition coefficient (Wildman–Crippen LogP) is 1.95. The number of hydrogen-bond acceptors (Lipinski definition) is 2. The molecule has 0 aromatic rings. The Morgan fingerprint density at radius 1 is 1.20 bits per heavy atom. The Hall–Kier alpha value is -0.100. The number of aliphatic carboxylic acids is 2. The van der Waals surface area contributed by atoms with E-state index in [0.717, 1.165) is 0 Å². The fourth-order valence-electron chi connectivity index (χ4n) is 2.06. The molecule has 1 aliphatic carbocycles. The van der Waals surface area contributed by atoms with Gasteiger partial charge >= 0.3 is 11.9 Å². The number of carbonyl (C=O) groups is 2. The van der Waals surface area contributed by atoms with Crippen molar-refractivity contribution in [2.24, 2.45) is 17.8 Å². The number of carboxylic acid groups (broad SMARTS) is 2. The lowest BCUT2D eigenvalue weighted by Crippen LogP contribution is -2.46. The van der Waals surface area contributed by atoms with Crippen LogP contribution in [0.5, 0.6) is 0 Å². The van der Waals surface area contributed by atoms with Crippen LogP contribution < -0.4 is 0 Å². The van der Waals surface area contributed by atoms with Crippen LogP contribution in [-0.2, 0) is 9.59 Å². The minimum absolute atomic E-state index is 0.00389. The Bertz CT molecular complexity index is 281. The standard InChI is InChI=1S/C9H12Br2O4/c1-3-6(9(14)15)4(8(12)13)2-5(10)7(3)11/h3-7H,2H2,1H3,(H,12,13)(H,14,15)/t3-,4-,5-,6+,7+/m0/s1. The highest BCUT2D eigenvalue weighted by atomic mass is 79.9. The van der Waals surface area contributed by atoms with Gasteiger partial charge in [0.1, 0.15) is 0 Å². The molecule has 0 aromatic heterocycles. The smallest absolute Gasteiger partial charge is 0.307 e. The van der Waals surface area contributed by atoms with E-state index >= 15 is 0 Å². The van der Waals surface area contributed by atoms with Crippen molar-refractivity contribution in [3.63, 3.8) is 0 Å². The summed E-state index contributed by atoms with van der Waals surface area (Å²) in [4.78, 5) is 22.0. The van der Waals surface area contributed by atoms with Crippen molar-refractivity contribution in [2.75, 3.05) is 0 Å². The summed E-state index contributed by atoms with van der Waals surface area (Å²) in [7, 11) is 0. The van der Waals surface area contributed by atoms with Crippen LogP contribution in [0.2, 0.25) is 0 Å². The molecule has 0 aromatic carbocycles. The molecule has 0 saturated heterocycles. The lowest BCUT2D eigenvalue weighted by molar-refractivity contribution is -0.157. The third-order valence-corrected chi connectivity index (χ3v) is 6.05. The van der Waals surface area contributed by atoms with Crippen LogP contribution in [0, 0.1) is 17.8 Å². The molecule has 1 fully saturated rings. The van der Waals surface area contributed by atoms with Gasteiger partial charge in [-0.1, -0.05) is 38.8 Å². The summed E-state index contributed by atoms with van der Waals surface area (Å²) in [5.74, 6) is -3.89. The summed E-state index contributed by atoms with van der Waals surface area (Å²) in [6.45, 7) is 1.77. The average Bonchev–Trinajstić information content (AvgIpc) is 2.12. The third kappa shape index (κ3) is 2.53. The van der Waals surface area contributed by atoms with E-state index in [1.54, 1.807) is 6.92 Å². The van der Waals surface area contributed by atoms with Crippen molar-refractivity contribution in [1.29, 1.82) is 0 Å². The van der Waals surface area contributed by atoms with Crippen LogP contribution in [-0.4, -0.2) is 31.8 Å². The fourth-order valence-corrected chi connectivity index (χ4v) is 3.49. The van der Waals surface area contributed by atoms with Gasteiger partial charge in [-0.25, -0.2) is 0 Å². The van der Waals surface area contributed by atoms with Gasteiger partial charge < -0.3 is 10.2 Å². The average molecular weight is 344 g/mol. The lowest BCUT2D eigenvalue weighted by Gasteiger charge is -2.38. The summed E-state index contributed by atoms with van der Waals surface area (Å²) in [5.41, 5.74) is 0. The van der Waals surface area contributed by atoms with Crippen molar-refractivity contribution in [1.82, 2.24) is 0 Å². The summed E-state index contributed by atoms with van der Waals surface area (Å²) in [5, 5.41) is 18.0. The quantitative estimate of drug-likeness (QED) is 0.751. The molecule has 1 rings (SSSR count). The Labute approximate surface area is 104 Å². The molecule has 86 valence electrons. The molecule has 0 spiro atoms. The van der Waals surface area contributed by atoms with Crippen molar-refractivity contribution >= 4 is 43.8 Å². The topological polar surface area (TPSA) is 74.6 Å². The zero-order chi connectivity index (χ0) is 11.7. The number of alkyl halides is 2. The Morgan fingerprint density at radius 3 is 2.13 bits per heavy atom. The monoisotopic (exact) mass is 342 g/mol. The van der Waals surface area contributed by atoms with Crippen molar-refractivity contribution in [3.05, 3.63) is 0 Å². The van der Waals surface area contributed by atoms with E-state index < -0.39 is 23.8 Å². The summed E-state index contributed by atoms with van der Waals surface area (Å²) in [6.07, 6.45) is 0.340. The Kier molecular flexibility index (Phi) is 4.17. The number of halogens is 2. The molecular formula is C9H12Br2O4. The molecule has 0 radical (unpaired) electrons. The highest BCUT2D eigenvalue weighted by molar-refractivity contribution is 9.12. The Balaban J connectivity index is 2.96. The maximum Gasteiger partial charge on any atom is 0.307 e. The number of carboxylic acids is 2. The predicted molar refractivity (Wildman–Crippen MR) is 61.5 cm³/mol. The van der Waals surface area contributed by atoms with Crippen LogP contribution in [0.25, 0.3) is 0 Å². The second kappa shape index (κ2) is 4.82. The summed E-state index contributed by atoms with van der Waals surface area (Å²) in [6, 6.07) is 0. The Morgan fingerprint density at radius 2 is 1.73 bits per heavy atom. The first-order valence-electron chi connectivity index (χ1n) is 4.60.